The molecule has 1 rings (SSSR count). The quantitative estimate of drug-likeness (QED) is 0.771. The van der Waals surface area contributed by atoms with Crippen LogP contribution in [0.3, 0.4) is 0 Å². The Labute approximate surface area is 102 Å². The third kappa shape index (κ3) is 4.07. The van der Waals surface area contributed by atoms with Gasteiger partial charge in [-0.05, 0) is 38.0 Å². The van der Waals surface area contributed by atoms with Gasteiger partial charge in [0, 0.05) is 24.9 Å². The van der Waals surface area contributed by atoms with Crippen molar-refractivity contribution in [3.05, 3.63) is 23.8 Å². The van der Waals surface area contributed by atoms with Gasteiger partial charge in [0.2, 0.25) is 5.91 Å². The van der Waals surface area contributed by atoms with E-state index in [0.717, 1.165) is 11.3 Å². The Bertz CT molecular complexity index is 391. The minimum atomic E-state index is -0.0115. The lowest BCUT2D eigenvalue weighted by Crippen LogP contribution is -2.16. The maximum absolute atomic E-state index is 11.7. The number of ether oxygens (including phenoxy) is 1. The first-order valence-electron chi connectivity index (χ1n) is 5.72. The largest absolute Gasteiger partial charge is 0.398 e. The zero-order valence-electron chi connectivity index (χ0n) is 10.6. The van der Waals surface area contributed by atoms with Crippen molar-refractivity contribution in [2.24, 2.45) is 0 Å². The zero-order chi connectivity index (χ0) is 12.8. The van der Waals surface area contributed by atoms with Gasteiger partial charge in [-0.3, -0.25) is 4.79 Å². The molecule has 1 atom stereocenters. The van der Waals surface area contributed by atoms with E-state index >= 15 is 0 Å². The second-order valence-electron chi connectivity index (χ2n) is 4.15. The fourth-order valence-electron chi connectivity index (χ4n) is 1.45. The summed E-state index contributed by atoms with van der Waals surface area (Å²) < 4.78 is 5.09. The van der Waals surface area contributed by atoms with E-state index in [1.54, 1.807) is 7.11 Å². The predicted molar refractivity (Wildman–Crippen MR) is 69.9 cm³/mol. The number of hydrogen-bond donors (Lipinski definition) is 2. The molecule has 0 bridgehead atoms. The molecule has 0 saturated carbocycles. The summed E-state index contributed by atoms with van der Waals surface area (Å²) in [4.78, 5) is 11.7. The number of nitrogens with one attached hydrogen (secondary N) is 1. The molecule has 0 saturated heterocycles. The smallest absolute Gasteiger partial charge is 0.224 e. The van der Waals surface area contributed by atoms with Crippen molar-refractivity contribution in [3.8, 4) is 0 Å². The second-order valence-corrected chi connectivity index (χ2v) is 4.15. The maximum atomic E-state index is 11.7. The van der Waals surface area contributed by atoms with Gasteiger partial charge in [-0.25, -0.2) is 0 Å². The van der Waals surface area contributed by atoms with Gasteiger partial charge in [-0.2, -0.15) is 0 Å². The Hall–Kier alpha value is -1.55. The summed E-state index contributed by atoms with van der Waals surface area (Å²) in [5, 5.41) is 2.86. The number of carbonyl (C=O) groups is 1. The molecule has 1 unspecified atom stereocenters. The van der Waals surface area contributed by atoms with Crippen LogP contribution in [0.1, 0.15) is 25.3 Å². The molecule has 0 fully saturated rings. The standard InChI is InChI=1S/C13H20N2O2/c1-9(17-3)7-8-13(16)15-12-6-4-5-11(14)10(12)2/h4-6,9H,7-8,14H2,1-3H3,(H,15,16). The van der Waals surface area contributed by atoms with Crippen LogP contribution in [-0.2, 0) is 9.53 Å². The molecule has 1 amide bonds. The molecule has 0 aliphatic carbocycles. The number of nitrogen functional groups attached to an aromatic ring is 1. The van der Waals surface area contributed by atoms with Gasteiger partial charge < -0.3 is 15.8 Å². The molecule has 3 N–H and O–H groups in total. The van der Waals surface area contributed by atoms with E-state index in [1.165, 1.54) is 0 Å². The highest BCUT2D eigenvalue weighted by atomic mass is 16.5. The van der Waals surface area contributed by atoms with Crippen LogP contribution in [0, 0.1) is 6.92 Å². The number of hydrogen-bond acceptors (Lipinski definition) is 3. The molecule has 4 nitrogen and oxygen atoms in total. The normalized spacial score (nSPS) is 12.2. The number of methoxy groups -OCH3 is 1. The topological polar surface area (TPSA) is 64.3 Å². The van der Waals surface area contributed by atoms with Crippen LogP contribution in [0.5, 0.6) is 0 Å². The van der Waals surface area contributed by atoms with Crippen LogP contribution < -0.4 is 11.1 Å². The minimum absolute atomic E-state index is 0.0115. The summed E-state index contributed by atoms with van der Waals surface area (Å²) in [5.41, 5.74) is 8.14. The number of carbonyl (C=O) groups excluding carboxylic acids is 1. The molecule has 0 aliphatic heterocycles. The van der Waals surface area contributed by atoms with Crippen molar-refractivity contribution in [2.45, 2.75) is 32.8 Å². The van der Waals surface area contributed by atoms with Crippen LogP contribution >= 0.6 is 0 Å². The molecule has 4 heteroatoms. The van der Waals surface area contributed by atoms with E-state index in [0.29, 0.717) is 18.5 Å². The number of nitrogens with two attached hydrogens (primary N) is 1. The number of amides is 1. The molecule has 17 heavy (non-hydrogen) atoms. The van der Waals surface area contributed by atoms with Crippen LogP contribution in [0.2, 0.25) is 0 Å². The van der Waals surface area contributed by atoms with Crippen molar-refractivity contribution in [3.63, 3.8) is 0 Å². The fourth-order valence-corrected chi connectivity index (χ4v) is 1.45. The predicted octanol–water partition coefficient (Wildman–Crippen LogP) is 2.33. The molecular weight excluding hydrogens is 216 g/mol. The monoisotopic (exact) mass is 236 g/mol. The van der Waals surface area contributed by atoms with Crippen LogP contribution in [-0.4, -0.2) is 19.1 Å². The Kier molecular flexibility index (Phi) is 4.97. The lowest BCUT2D eigenvalue weighted by Gasteiger charge is -2.11. The third-order valence-electron chi connectivity index (χ3n) is 2.83. The van der Waals surface area contributed by atoms with Crippen LogP contribution in [0.15, 0.2) is 18.2 Å². The van der Waals surface area contributed by atoms with E-state index in [2.05, 4.69) is 5.32 Å². The summed E-state index contributed by atoms with van der Waals surface area (Å²) >= 11 is 0. The van der Waals surface area contributed by atoms with Gasteiger partial charge in [-0.1, -0.05) is 6.07 Å². The number of rotatable bonds is 5. The summed E-state index contributed by atoms with van der Waals surface area (Å²) in [7, 11) is 1.64. The van der Waals surface area contributed by atoms with E-state index in [-0.39, 0.29) is 12.0 Å². The van der Waals surface area contributed by atoms with Gasteiger partial charge in [0.15, 0.2) is 0 Å². The molecule has 0 aromatic heterocycles. The Morgan fingerprint density at radius 2 is 2.24 bits per heavy atom. The van der Waals surface area contributed by atoms with E-state index in [9.17, 15) is 4.79 Å². The first kappa shape index (κ1) is 13.5. The number of benzene rings is 1. The highest BCUT2D eigenvalue weighted by Gasteiger charge is 2.08. The van der Waals surface area contributed by atoms with E-state index in [1.807, 2.05) is 32.0 Å². The van der Waals surface area contributed by atoms with Crippen LogP contribution in [0.4, 0.5) is 11.4 Å². The summed E-state index contributed by atoms with van der Waals surface area (Å²) in [6.45, 7) is 3.84. The molecule has 0 heterocycles. The van der Waals surface area contributed by atoms with Gasteiger partial charge >= 0.3 is 0 Å². The first-order valence-corrected chi connectivity index (χ1v) is 5.72. The molecule has 1 aromatic carbocycles. The zero-order valence-corrected chi connectivity index (χ0v) is 10.6. The van der Waals surface area contributed by atoms with Crippen molar-refractivity contribution < 1.29 is 9.53 Å². The average Bonchev–Trinajstić information content (AvgIpc) is 2.32. The lowest BCUT2D eigenvalue weighted by molar-refractivity contribution is -0.116. The molecule has 0 radical (unpaired) electrons. The van der Waals surface area contributed by atoms with Crippen molar-refractivity contribution in [1.82, 2.24) is 0 Å². The summed E-state index contributed by atoms with van der Waals surface area (Å²) in [6.07, 6.45) is 1.26. The maximum Gasteiger partial charge on any atom is 0.224 e. The Morgan fingerprint density at radius 1 is 1.53 bits per heavy atom. The molecule has 94 valence electrons. The van der Waals surface area contributed by atoms with Gasteiger partial charge in [-0.15, -0.1) is 0 Å². The lowest BCUT2D eigenvalue weighted by atomic mass is 10.1. The average molecular weight is 236 g/mol. The van der Waals surface area contributed by atoms with Crippen molar-refractivity contribution >= 4 is 17.3 Å². The fraction of sp³-hybridized carbons (Fsp3) is 0.462. The van der Waals surface area contributed by atoms with Gasteiger partial charge in [0.25, 0.3) is 0 Å². The highest BCUT2D eigenvalue weighted by Crippen LogP contribution is 2.20. The van der Waals surface area contributed by atoms with Crippen LogP contribution in [0.25, 0.3) is 0 Å². The van der Waals surface area contributed by atoms with Crippen molar-refractivity contribution in [1.29, 1.82) is 0 Å². The number of anilines is 2. The molecule has 0 aliphatic rings. The van der Waals surface area contributed by atoms with Crippen molar-refractivity contribution in [2.75, 3.05) is 18.2 Å². The first-order chi connectivity index (χ1) is 8.04. The second kappa shape index (κ2) is 6.25. The Morgan fingerprint density at radius 3 is 2.88 bits per heavy atom. The minimum Gasteiger partial charge on any atom is -0.398 e. The molecule has 0 spiro atoms. The summed E-state index contributed by atoms with van der Waals surface area (Å²) in [5.74, 6) is -0.0115. The van der Waals surface area contributed by atoms with E-state index < -0.39 is 0 Å². The summed E-state index contributed by atoms with van der Waals surface area (Å²) in [6, 6.07) is 5.50. The SMILES string of the molecule is COC(C)CCC(=O)Nc1cccc(N)c1C. The highest BCUT2D eigenvalue weighted by molar-refractivity contribution is 5.92. The van der Waals surface area contributed by atoms with E-state index in [4.69, 9.17) is 10.5 Å². The molecule has 1 aromatic rings. The van der Waals surface area contributed by atoms with Gasteiger partial charge in [0.05, 0.1) is 6.10 Å². The Balaban J connectivity index is 2.54. The third-order valence-corrected chi connectivity index (χ3v) is 2.83. The van der Waals surface area contributed by atoms with Gasteiger partial charge in [0.1, 0.15) is 0 Å². The molecular formula is C13H20N2O2.